The van der Waals surface area contributed by atoms with Gasteiger partial charge >= 0.3 is 12.1 Å². The van der Waals surface area contributed by atoms with Crippen molar-refractivity contribution in [3.05, 3.63) is 58.4 Å². The number of ether oxygens (including phenoxy) is 2. The minimum atomic E-state index is -4.64. The third-order valence-electron chi connectivity index (χ3n) is 4.28. The molecule has 0 saturated carbocycles. The van der Waals surface area contributed by atoms with Gasteiger partial charge in [0.05, 0.1) is 16.9 Å². The smallest absolute Gasteiger partial charge is 0.393 e. The minimum Gasteiger partial charge on any atom is -0.448 e. The molecule has 160 valence electrons. The Kier molecular flexibility index (Phi) is 5.72. The molecule has 0 N–H and O–H groups in total. The summed E-state index contributed by atoms with van der Waals surface area (Å²) in [6, 6.07) is 8.10. The zero-order valence-electron chi connectivity index (χ0n) is 15.7. The molecule has 1 aromatic heterocycles. The van der Waals surface area contributed by atoms with Gasteiger partial charge in [-0.2, -0.15) is 13.2 Å². The fourth-order valence-electron chi connectivity index (χ4n) is 3.08. The van der Waals surface area contributed by atoms with Crippen LogP contribution in [0.3, 0.4) is 0 Å². The number of halogens is 4. The van der Waals surface area contributed by atoms with E-state index in [9.17, 15) is 26.4 Å². The van der Waals surface area contributed by atoms with E-state index in [0.717, 1.165) is 13.2 Å². The number of nitrogens with zero attached hydrogens (tertiary/aromatic N) is 1. The van der Waals surface area contributed by atoms with Crippen molar-refractivity contribution in [3.63, 3.8) is 0 Å². The van der Waals surface area contributed by atoms with E-state index in [-0.39, 0.29) is 21.9 Å². The van der Waals surface area contributed by atoms with Crippen LogP contribution in [0.25, 0.3) is 5.57 Å². The average Bonchev–Trinajstić information content (AvgIpc) is 2.84. The summed E-state index contributed by atoms with van der Waals surface area (Å²) in [4.78, 5) is 16.4. The summed E-state index contributed by atoms with van der Waals surface area (Å²) in [6.45, 7) is 1.13. The molecule has 6 nitrogen and oxygen atoms in total. The molecule has 2 aromatic rings. The molecule has 1 aromatic carbocycles. The second kappa shape index (κ2) is 7.69. The lowest BCUT2D eigenvalue weighted by Crippen LogP contribution is -2.33. The molecule has 0 amide bonds. The zero-order valence-corrected chi connectivity index (χ0v) is 18.1. The predicted octanol–water partition coefficient (Wildman–Crippen LogP) is 4.31. The Morgan fingerprint density at radius 3 is 2.30 bits per heavy atom. The summed E-state index contributed by atoms with van der Waals surface area (Å²) in [6.07, 6.45) is -3.69. The first-order valence-electron chi connectivity index (χ1n) is 8.43. The van der Waals surface area contributed by atoms with Crippen LogP contribution in [0.15, 0.2) is 57.7 Å². The number of pyridine rings is 1. The molecule has 0 unspecified atom stereocenters. The Hall–Kier alpha value is -2.40. The maximum absolute atomic E-state index is 13.2. The zero-order chi connectivity index (χ0) is 22.3. The number of carbonyl (C=O) groups is 1. The number of aromatic nitrogens is 1. The van der Waals surface area contributed by atoms with Crippen LogP contribution >= 0.6 is 15.9 Å². The number of esters is 1. The molecule has 1 aliphatic rings. The normalized spacial score (nSPS) is 19.7. The third-order valence-corrected chi connectivity index (χ3v) is 5.87. The van der Waals surface area contributed by atoms with E-state index in [0.29, 0.717) is 4.47 Å². The summed E-state index contributed by atoms with van der Waals surface area (Å²) in [5, 5.41) is 0. The van der Waals surface area contributed by atoms with Crippen LogP contribution in [0.1, 0.15) is 18.9 Å². The number of hydrogen-bond donors (Lipinski definition) is 0. The standard InChI is InChI=1S/C19H15BrF3NO5S/c1-18(10-19(21,22)23)15(11-3-6-13(7-4-11)30(2,26)27)16(17(25)29-18)28-14-8-5-12(20)9-24-14/h3-9H,10H2,1-2H3/t18-/m1/s1. The van der Waals surface area contributed by atoms with Gasteiger partial charge in [-0.3, -0.25) is 0 Å². The number of sulfone groups is 1. The predicted molar refractivity (Wildman–Crippen MR) is 104 cm³/mol. The van der Waals surface area contributed by atoms with Gasteiger partial charge in [0, 0.05) is 23.0 Å². The Morgan fingerprint density at radius 2 is 1.80 bits per heavy atom. The van der Waals surface area contributed by atoms with Gasteiger partial charge in [-0.25, -0.2) is 18.2 Å². The van der Waals surface area contributed by atoms with Crippen molar-refractivity contribution in [3.8, 4) is 5.88 Å². The SMILES string of the molecule is C[C@]1(CC(F)(F)F)OC(=O)C(Oc2ccc(Br)cn2)=C1c1ccc(S(C)(=O)=O)cc1. The first kappa shape index (κ1) is 22.3. The van der Waals surface area contributed by atoms with Crippen molar-refractivity contribution in [1.82, 2.24) is 4.98 Å². The van der Waals surface area contributed by atoms with Gasteiger partial charge in [-0.1, -0.05) is 12.1 Å². The highest BCUT2D eigenvalue weighted by Gasteiger charge is 2.52. The van der Waals surface area contributed by atoms with Crippen molar-refractivity contribution >= 4 is 37.3 Å². The highest BCUT2D eigenvalue weighted by atomic mass is 79.9. The highest BCUT2D eigenvalue weighted by Crippen LogP contribution is 2.46. The summed E-state index contributed by atoms with van der Waals surface area (Å²) in [5.41, 5.74) is -2.05. The Labute approximate surface area is 178 Å². The van der Waals surface area contributed by atoms with E-state index in [1.807, 2.05) is 0 Å². The molecule has 0 fully saturated rings. The molecule has 0 saturated heterocycles. The number of alkyl halides is 3. The number of carbonyl (C=O) groups excluding carboxylic acids is 1. The van der Waals surface area contributed by atoms with Crippen LogP contribution in [0, 0.1) is 0 Å². The third kappa shape index (κ3) is 4.84. The van der Waals surface area contributed by atoms with Gasteiger partial charge < -0.3 is 9.47 Å². The molecular formula is C19H15BrF3NO5S. The number of rotatable bonds is 5. The Morgan fingerprint density at radius 1 is 1.17 bits per heavy atom. The van der Waals surface area contributed by atoms with Crippen LogP contribution in [0.4, 0.5) is 13.2 Å². The van der Waals surface area contributed by atoms with Gasteiger partial charge in [-0.15, -0.1) is 0 Å². The quantitative estimate of drug-likeness (QED) is 0.563. The second-order valence-electron chi connectivity index (χ2n) is 6.83. The summed E-state index contributed by atoms with van der Waals surface area (Å²) in [7, 11) is -3.52. The molecule has 2 heterocycles. The number of hydrogen-bond acceptors (Lipinski definition) is 6. The summed E-state index contributed by atoms with van der Waals surface area (Å²) < 4.78 is 74.3. The van der Waals surface area contributed by atoms with E-state index in [1.54, 1.807) is 6.07 Å². The van der Waals surface area contributed by atoms with Crippen molar-refractivity contribution < 1.29 is 35.9 Å². The highest BCUT2D eigenvalue weighted by molar-refractivity contribution is 9.10. The fourth-order valence-corrected chi connectivity index (χ4v) is 3.94. The lowest BCUT2D eigenvalue weighted by Gasteiger charge is -2.27. The molecule has 1 atom stereocenters. The van der Waals surface area contributed by atoms with Crippen LogP contribution in [-0.4, -0.2) is 37.4 Å². The molecule has 0 radical (unpaired) electrons. The minimum absolute atomic E-state index is 0.0216. The Bertz CT molecular complexity index is 1110. The maximum Gasteiger partial charge on any atom is 0.393 e. The molecule has 0 spiro atoms. The lowest BCUT2D eigenvalue weighted by molar-refractivity contribution is -0.176. The topological polar surface area (TPSA) is 82.6 Å². The van der Waals surface area contributed by atoms with E-state index < -0.39 is 39.8 Å². The summed E-state index contributed by atoms with van der Waals surface area (Å²) >= 11 is 3.20. The molecule has 3 rings (SSSR count). The van der Waals surface area contributed by atoms with Crippen molar-refractivity contribution in [2.24, 2.45) is 0 Å². The van der Waals surface area contributed by atoms with Crippen molar-refractivity contribution in [1.29, 1.82) is 0 Å². The average molecular weight is 506 g/mol. The van der Waals surface area contributed by atoms with Crippen LogP contribution < -0.4 is 4.74 Å². The van der Waals surface area contributed by atoms with Crippen LogP contribution in [-0.2, 0) is 19.4 Å². The first-order valence-corrected chi connectivity index (χ1v) is 11.1. The Balaban J connectivity index is 2.14. The van der Waals surface area contributed by atoms with Gasteiger partial charge in [0.1, 0.15) is 5.60 Å². The fraction of sp³-hybridized carbons (Fsp3) is 0.263. The summed E-state index contributed by atoms with van der Waals surface area (Å²) in [5.74, 6) is -1.54. The van der Waals surface area contributed by atoms with E-state index in [1.165, 1.54) is 36.5 Å². The molecule has 1 aliphatic heterocycles. The molecule has 11 heteroatoms. The molecular weight excluding hydrogens is 491 g/mol. The van der Waals surface area contributed by atoms with E-state index in [4.69, 9.17) is 9.47 Å². The molecule has 0 bridgehead atoms. The van der Waals surface area contributed by atoms with Gasteiger partial charge in [-0.05, 0) is 46.6 Å². The number of cyclic esters (lactones) is 1. The lowest BCUT2D eigenvalue weighted by atomic mass is 9.87. The van der Waals surface area contributed by atoms with Crippen LogP contribution in [0.5, 0.6) is 5.88 Å². The van der Waals surface area contributed by atoms with Crippen molar-refractivity contribution in [2.75, 3.05) is 6.26 Å². The van der Waals surface area contributed by atoms with E-state index in [2.05, 4.69) is 20.9 Å². The molecule has 0 aliphatic carbocycles. The van der Waals surface area contributed by atoms with E-state index >= 15 is 0 Å². The first-order chi connectivity index (χ1) is 13.8. The van der Waals surface area contributed by atoms with Gasteiger partial charge in [0.2, 0.25) is 11.6 Å². The largest absolute Gasteiger partial charge is 0.448 e. The van der Waals surface area contributed by atoms with Gasteiger partial charge in [0.25, 0.3) is 0 Å². The maximum atomic E-state index is 13.2. The second-order valence-corrected chi connectivity index (χ2v) is 9.76. The monoisotopic (exact) mass is 505 g/mol. The molecule has 30 heavy (non-hydrogen) atoms. The number of benzene rings is 1. The van der Waals surface area contributed by atoms with Gasteiger partial charge in [0.15, 0.2) is 9.84 Å². The van der Waals surface area contributed by atoms with Crippen LogP contribution in [0.2, 0.25) is 0 Å². The van der Waals surface area contributed by atoms with Crippen molar-refractivity contribution in [2.45, 2.75) is 30.0 Å².